The van der Waals surface area contributed by atoms with Gasteiger partial charge in [0.05, 0.1) is 25.6 Å². The fourth-order valence-corrected chi connectivity index (χ4v) is 1.16. The number of methoxy groups -OCH3 is 1. The predicted molar refractivity (Wildman–Crippen MR) is 56.6 cm³/mol. The monoisotopic (exact) mass is 225 g/mol. The van der Waals surface area contributed by atoms with Gasteiger partial charge in [0, 0.05) is 25.6 Å². The van der Waals surface area contributed by atoms with Gasteiger partial charge in [-0.3, -0.25) is 9.59 Å². The number of carbonyl (C=O) groups is 2. The fraction of sp³-hybridized carbons (Fsp3) is 0.500. The normalized spacial score (nSPS) is 9.81. The molecule has 0 aromatic carbocycles. The minimum Gasteiger partial charge on any atom is -0.469 e. The molecule has 88 valence electrons. The number of hydrogen-bond acceptors (Lipinski definition) is 4. The number of hydrogen-bond donors (Lipinski definition) is 2. The molecular weight excluding hydrogens is 210 g/mol. The SMILES string of the molecule is COC(=O)CCC(=O)NCCc1c[nH]cn1. The van der Waals surface area contributed by atoms with Crippen molar-refractivity contribution >= 4 is 11.9 Å². The molecule has 6 heteroatoms. The molecule has 0 spiro atoms. The Bertz CT molecular complexity index is 335. The van der Waals surface area contributed by atoms with E-state index in [1.54, 1.807) is 12.5 Å². The van der Waals surface area contributed by atoms with Gasteiger partial charge in [0.1, 0.15) is 0 Å². The smallest absolute Gasteiger partial charge is 0.306 e. The molecule has 0 saturated carbocycles. The van der Waals surface area contributed by atoms with Gasteiger partial charge in [0.15, 0.2) is 0 Å². The first kappa shape index (κ1) is 12.2. The maximum atomic E-state index is 11.2. The highest BCUT2D eigenvalue weighted by Crippen LogP contribution is 1.93. The third-order valence-electron chi connectivity index (χ3n) is 2.04. The molecule has 0 aliphatic carbocycles. The number of aromatic amines is 1. The molecule has 0 saturated heterocycles. The second-order valence-electron chi connectivity index (χ2n) is 3.24. The standard InChI is InChI=1S/C10H15N3O3/c1-16-10(15)3-2-9(14)12-5-4-8-6-11-7-13-8/h6-7H,2-5H2,1H3,(H,11,13)(H,12,14). The number of esters is 1. The first-order valence-corrected chi connectivity index (χ1v) is 5.03. The third-order valence-corrected chi connectivity index (χ3v) is 2.04. The zero-order valence-corrected chi connectivity index (χ0v) is 9.16. The molecule has 6 nitrogen and oxygen atoms in total. The highest BCUT2D eigenvalue weighted by Gasteiger charge is 2.06. The molecule has 0 atom stereocenters. The second-order valence-corrected chi connectivity index (χ2v) is 3.24. The van der Waals surface area contributed by atoms with E-state index in [1.807, 2.05) is 0 Å². The van der Waals surface area contributed by atoms with Crippen LogP contribution in [0.5, 0.6) is 0 Å². The molecule has 0 aliphatic heterocycles. The molecule has 0 unspecified atom stereocenters. The number of imidazole rings is 1. The number of H-pyrrole nitrogens is 1. The number of amides is 1. The van der Waals surface area contributed by atoms with Gasteiger partial charge < -0.3 is 15.0 Å². The van der Waals surface area contributed by atoms with Gasteiger partial charge in [0.25, 0.3) is 0 Å². The number of nitrogens with zero attached hydrogens (tertiary/aromatic N) is 1. The molecule has 1 aromatic rings. The lowest BCUT2D eigenvalue weighted by Gasteiger charge is -2.03. The number of ether oxygens (including phenoxy) is 1. The van der Waals surface area contributed by atoms with E-state index in [2.05, 4.69) is 20.0 Å². The van der Waals surface area contributed by atoms with Crippen LogP contribution in [0.3, 0.4) is 0 Å². The van der Waals surface area contributed by atoms with Gasteiger partial charge in [-0.15, -0.1) is 0 Å². The summed E-state index contributed by atoms with van der Waals surface area (Å²) in [5.74, 6) is -0.525. The third kappa shape index (κ3) is 4.59. The Balaban J connectivity index is 2.09. The van der Waals surface area contributed by atoms with E-state index >= 15 is 0 Å². The number of carbonyl (C=O) groups excluding carboxylic acids is 2. The fourth-order valence-electron chi connectivity index (χ4n) is 1.16. The van der Waals surface area contributed by atoms with Crippen LogP contribution in [0.2, 0.25) is 0 Å². The van der Waals surface area contributed by atoms with E-state index in [9.17, 15) is 9.59 Å². The summed E-state index contributed by atoms with van der Waals surface area (Å²) in [6, 6.07) is 0. The zero-order valence-electron chi connectivity index (χ0n) is 9.16. The lowest BCUT2D eigenvalue weighted by atomic mass is 10.3. The maximum absolute atomic E-state index is 11.2. The molecule has 1 aromatic heterocycles. The Hall–Kier alpha value is -1.85. The van der Waals surface area contributed by atoms with Crippen molar-refractivity contribution in [3.63, 3.8) is 0 Å². The van der Waals surface area contributed by atoms with Gasteiger partial charge in [-0.2, -0.15) is 0 Å². The van der Waals surface area contributed by atoms with Gasteiger partial charge >= 0.3 is 5.97 Å². The average Bonchev–Trinajstić information content (AvgIpc) is 2.79. The van der Waals surface area contributed by atoms with E-state index in [1.165, 1.54) is 7.11 Å². The predicted octanol–water partition coefficient (Wildman–Crippen LogP) is 0.0216. The topological polar surface area (TPSA) is 84.1 Å². The van der Waals surface area contributed by atoms with Crippen LogP contribution in [0, 0.1) is 0 Å². The first-order valence-electron chi connectivity index (χ1n) is 5.03. The highest BCUT2D eigenvalue weighted by molar-refractivity contribution is 5.81. The van der Waals surface area contributed by atoms with Crippen molar-refractivity contribution < 1.29 is 14.3 Å². The van der Waals surface area contributed by atoms with Gasteiger partial charge in [0.2, 0.25) is 5.91 Å². The Labute approximate surface area is 93.4 Å². The summed E-state index contributed by atoms with van der Waals surface area (Å²) < 4.78 is 4.43. The van der Waals surface area contributed by atoms with Crippen molar-refractivity contribution in [1.29, 1.82) is 0 Å². The molecule has 0 fully saturated rings. The lowest BCUT2D eigenvalue weighted by molar-refractivity contribution is -0.142. The van der Waals surface area contributed by atoms with E-state index in [0.717, 1.165) is 5.69 Å². The largest absolute Gasteiger partial charge is 0.469 e. The molecular formula is C10H15N3O3. The number of rotatable bonds is 6. The number of aromatic nitrogens is 2. The summed E-state index contributed by atoms with van der Waals surface area (Å²) in [6.45, 7) is 0.519. The summed E-state index contributed by atoms with van der Waals surface area (Å²) in [6.07, 6.45) is 4.32. The Morgan fingerprint density at radius 2 is 2.31 bits per heavy atom. The van der Waals surface area contributed by atoms with Crippen LogP contribution < -0.4 is 5.32 Å². The second kappa shape index (κ2) is 6.60. The molecule has 0 bridgehead atoms. The van der Waals surface area contributed by atoms with Crippen LogP contribution in [0.15, 0.2) is 12.5 Å². The minimum atomic E-state index is -0.373. The lowest BCUT2D eigenvalue weighted by Crippen LogP contribution is -2.26. The molecule has 2 N–H and O–H groups in total. The van der Waals surface area contributed by atoms with Gasteiger partial charge in [-0.25, -0.2) is 4.98 Å². The Morgan fingerprint density at radius 1 is 1.50 bits per heavy atom. The molecule has 1 heterocycles. The summed E-state index contributed by atoms with van der Waals surface area (Å²) >= 11 is 0. The summed E-state index contributed by atoms with van der Waals surface area (Å²) in [4.78, 5) is 28.9. The molecule has 1 rings (SSSR count). The Morgan fingerprint density at radius 3 is 2.94 bits per heavy atom. The van der Waals surface area contributed by atoms with Crippen molar-refractivity contribution in [3.8, 4) is 0 Å². The minimum absolute atomic E-state index is 0.116. The highest BCUT2D eigenvalue weighted by atomic mass is 16.5. The van der Waals surface area contributed by atoms with Crippen LogP contribution in [0.25, 0.3) is 0 Å². The van der Waals surface area contributed by atoms with Gasteiger partial charge in [-0.05, 0) is 0 Å². The van der Waals surface area contributed by atoms with Crippen LogP contribution in [0.4, 0.5) is 0 Å². The quantitative estimate of drug-likeness (QED) is 0.668. The first-order chi connectivity index (χ1) is 7.72. The van der Waals surface area contributed by atoms with Crippen molar-refractivity contribution in [2.75, 3.05) is 13.7 Å². The van der Waals surface area contributed by atoms with Crippen LogP contribution in [-0.2, 0) is 20.7 Å². The van der Waals surface area contributed by atoms with Gasteiger partial charge in [-0.1, -0.05) is 0 Å². The van der Waals surface area contributed by atoms with E-state index in [4.69, 9.17) is 0 Å². The van der Waals surface area contributed by atoms with E-state index < -0.39 is 0 Å². The maximum Gasteiger partial charge on any atom is 0.306 e. The summed E-state index contributed by atoms with van der Waals surface area (Å²) in [7, 11) is 1.30. The summed E-state index contributed by atoms with van der Waals surface area (Å²) in [5.41, 5.74) is 0.897. The van der Waals surface area contributed by atoms with Crippen molar-refractivity contribution in [3.05, 3.63) is 18.2 Å². The number of nitrogens with one attached hydrogen (secondary N) is 2. The van der Waals surface area contributed by atoms with Crippen LogP contribution >= 0.6 is 0 Å². The van der Waals surface area contributed by atoms with Crippen LogP contribution in [0.1, 0.15) is 18.5 Å². The van der Waals surface area contributed by atoms with Crippen molar-refractivity contribution in [1.82, 2.24) is 15.3 Å². The van der Waals surface area contributed by atoms with E-state index in [0.29, 0.717) is 13.0 Å². The molecule has 0 aliphatic rings. The molecule has 0 radical (unpaired) electrons. The Kier molecular flexibility index (Phi) is 5.04. The zero-order chi connectivity index (χ0) is 11.8. The van der Waals surface area contributed by atoms with E-state index in [-0.39, 0.29) is 24.7 Å². The van der Waals surface area contributed by atoms with Crippen molar-refractivity contribution in [2.24, 2.45) is 0 Å². The average molecular weight is 225 g/mol. The van der Waals surface area contributed by atoms with Crippen LogP contribution in [-0.4, -0.2) is 35.5 Å². The van der Waals surface area contributed by atoms with Crippen molar-refractivity contribution in [2.45, 2.75) is 19.3 Å². The molecule has 16 heavy (non-hydrogen) atoms. The summed E-state index contributed by atoms with van der Waals surface area (Å²) in [5, 5.41) is 2.70. The molecule has 1 amide bonds.